The van der Waals surface area contributed by atoms with Gasteiger partial charge in [0.1, 0.15) is 0 Å². The zero-order valence-electron chi connectivity index (χ0n) is 10.1. The maximum atomic E-state index is 5.79. The summed E-state index contributed by atoms with van der Waals surface area (Å²) in [7, 11) is 1.98. The zero-order valence-corrected chi connectivity index (χ0v) is 11.7. The summed E-state index contributed by atoms with van der Waals surface area (Å²) in [5.74, 6) is 8.25. The topological polar surface area (TPSA) is 55.9 Å². The molecule has 0 spiro atoms. The molecule has 3 atom stereocenters. The Hall–Kier alpha value is -0.390. The summed E-state index contributed by atoms with van der Waals surface area (Å²) in [6, 6.07) is 0.241. The molecule has 3 unspecified atom stereocenters. The van der Waals surface area contributed by atoms with Crippen molar-refractivity contribution in [1.82, 2.24) is 15.2 Å². The first-order valence-electron chi connectivity index (χ1n) is 6.37. The minimum Gasteiger partial charge on any atom is -0.271 e. The highest BCUT2D eigenvalue weighted by atomic mass is 79.9. The van der Waals surface area contributed by atoms with E-state index < -0.39 is 0 Å². The molecule has 0 radical (unpaired) electrons. The van der Waals surface area contributed by atoms with Gasteiger partial charge in [-0.1, -0.05) is 12.8 Å². The van der Waals surface area contributed by atoms with Gasteiger partial charge in [0.05, 0.1) is 22.4 Å². The smallest absolute Gasteiger partial charge is 0.0708 e. The van der Waals surface area contributed by atoms with E-state index >= 15 is 0 Å². The van der Waals surface area contributed by atoms with Crippen molar-refractivity contribution >= 4 is 15.9 Å². The Balaban J connectivity index is 1.85. The van der Waals surface area contributed by atoms with Crippen molar-refractivity contribution in [3.63, 3.8) is 0 Å². The van der Waals surface area contributed by atoms with Crippen LogP contribution in [0.2, 0.25) is 0 Å². The molecule has 0 bridgehead atoms. The molecule has 2 saturated carbocycles. The van der Waals surface area contributed by atoms with Gasteiger partial charge in [-0.2, -0.15) is 5.10 Å². The molecule has 0 saturated heterocycles. The van der Waals surface area contributed by atoms with Crippen LogP contribution in [0, 0.1) is 17.8 Å². The number of rotatable bonds is 3. The molecule has 0 aliphatic heterocycles. The third-order valence-corrected chi connectivity index (χ3v) is 5.13. The SMILES string of the molecule is Cn1ncc(Br)c1C(NN)C1C2CCCCC21. The number of fused-ring (bicyclic) bond motifs is 1. The molecule has 5 heteroatoms. The molecular formula is C12H19BrN4. The lowest BCUT2D eigenvalue weighted by Gasteiger charge is -2.17. The van der Waals surface area contributed by atoms with Crippen molar-refractivity contribution < 1.29 is 0 Å². The number of nitrogens with zero attached hydrogens (tertiary/aromatic N) is 2. The third kappa shape index (κ3) is 1.84. The summed E-state index contributed by atoms with van der Waals surface area (Å²) in [6.07, 6.45) is 7.39. The van der Waals surface area contributed by atoms with Crippen LogP contribution < -0.4 is 11.3 Å². The van der Waals surface area contributed by atoms with E-state index in [0.717, 1.165) is 16.3 Å². The standard InChI is InChI=1S/C12H19BrN4/c1-17-12(9(13)6-15-17)11(16-14)10-7-4-2-3-5-8(7)10/h6-8,10-11,16H,2-5,14H2,1H3. The number of hydrogen-bond acceptors (Lipinski definition) is 3. The molecule has 2 fully saturated rings. The van der Waals surface area contributed by atoms with Gasteiger partial charge in [0, 0.05) is 7.05 Å². The average molecular weight is 299 g/mol. The average Bonchev–Trinajstić information content (AvgIpc) is 2.97. The van der Waals surface area contributed by atoms with Gasteiger partial charge in [-0.3, -0.25) is 16.0 Å². The summed E-state index contributed by atoms with van der Waals surface area (Å²) >= 11 is 3.58. The van der Waals surface area contributed by atoms with Crippen molar-refractivity contribution in [3.8, 4) is 0 Å². The summed E-state index contributed by atoms with van der Waals surface area (Å²) in [5.41, 5.74) is 4.20. The molecule has 94 valence electrons. The van der Waals surface area contributed by atoms with Crippen LogP contribution in [-0.4, -0.2) is 9.78 Å². The predicted molar refractivity (Wildman–Crippen MR) is 69.9 cm³/mol. The first-order chi connectivity index (χ1) is 8.24. The fourth-order valence-electron chi connectivity index (χ4n) is 3.68. The second-order valence-electron chi connectivity index (χ2n) is 5.34. The molecule has 17 heavy (non-hydrogen) atoms. The Kier molecular flexibility index (Phi) is 3.00. The van der Waals surface area contributed by atoms with E-state index in [1.165, 1.54) is 31.4 Å². The second-order valence-corrected chi connectivity index (χ2v) is 6.19. The van der Waals surface area contributed by atoms with Crippen molar-refractivity contribution in [2.24, 2.45) is 30.6 Å². The van der Waals surface area contributed by atoms with E-state index in [1.807, 2.05) is 17.9 Å². The highest BCUT2D eigenvalue weighted by Crippen LogP contribution is 2.60. The van der Waals surface area contributed by atoms with Crippen molar-refractivity contribution in [2.75, 3.05) is 0 Å². The van der Waals surface area contributed by atoms with Crippen LogP contribution in [0.5, 0.6) is 0 Å². The third-order valence-electron chi connectivity index (χ3n) is 4.52. The van der Waals surface area contributed by atoms with Gasteiger partial charge in [-0.15, -0.1) is 0 Å². The Bertz CT molecular complexity index is 385. The number of aromatic nitrogens is 2. The lowest BCUT2D eigenvalue weighted by molar-refractivity contribution is 0.427. The van der Waals surface area contributed by atoms with E-state index in [4.69, 9.17) is 5.84 Å². The van der Waals surface area contributed by atoms with Gasteiger partial charge >= 0.3 is 0 Å². The zero-order chi connectivity index (χ0) is 12.0. The maximum Gasteiger partial charge on any atom is 0.0708 e. The van der Waals surface area contributed by atoms with E-state index in [9.17, 15) is 0 Å². The minimum absolute atomic E-state index is 0.241. The number of halogens is 1. The normalized spacial score (nSPS) is 33.2. The Morgan fingerprint density at radius 2 is 2.12 bits per heavy atom. The molecule has 2 aliphatic rings. The van der Waals surface area contributed by atoms with Crippen LogP contribution in [0.4, 0.5) is 0 Å². The van der Waals surface area contributed by atoms with Crippen LogP contribution in [0.25, 0.3) is 0 Å². The van der Waals surface area contributed by atoms with E-state index in [1.54, 1.807) is 0 Å². The molecule has 4 nitrogen and oxygen atoms in total. The van der Waals surface area contributed by atoms with Gasteiger partial charge in [0.25, 0.3) is 0 Å². The van der Waals surface area contributed by atoms with Crippen molar-refractivity contribution in [1.29, 1.82) is 0 Å². The van der Waals surface area contributed by atoms with Crippen molar-refractivity contribution in [3.05, 3.63) is 16.4 Å². The van der Waals surface area contributed by atoms with Crippen LogP contribution in [0.3, 0.4) is 0 Å². The van der Waals surface area contributed by atoms with Crippen molar-refractivity contribution in [2.45, 2.75) is 31.7 Å². The first-order valence-corrected chi connectivity index (χ1v) is 7.17. The maximum absolute atomic E-state index is 5.79. The van der Waals surface area contributed by atoms with E-state index in [0.29, 0.717) is 5.92 Å². The Morgan fingerprint density at radius 3 is 2.59 bits per heavy atom. The Labute approximate surface area is 110 Å². The molecule has 1 aromatic heterocycles. The predicted octanol–water partition coefficient (Wildman–Crippen LogP) is 2.12. The fourth-order valence-corrected chi connectivity index (χ4v) is 4.28. The number of nitrogens with one attached hydrogen (secondary N) is 1. The summed E-state index contributed by atoms with van der Waals surface area (Å²) in [4.78, 5) is 0. The molecule has 3 rings (SSSR count). The number of hydrazine groups is 1. The van der Waals surface area contributed by atoms with Gasteiger partial charge < -0.3 is 0 Å². The first kappa shape index (κ1) is 11.7. The quantitative estimate of drug-likeness (QED) is 0.664. The van der Waals surface area contributed by atoms with Crippen LogP contribution in [0.1, 0.15) is 37.4 Å². The van der Waals surface area contributed by atoms with Crippen LogP contribution >= 0.6 is 15.9 Å². The second kappa shape index (κ2) is 4.37. The number of aryl methyl sites for hydroxylation is 1. The molecule has 0 amide bonds. The highest BCUT2D eigenvalue weighted by molar-refractivity contribution is 9.10. The van der Waals surface area contributed by atoms with Crippen LogP contribution in [0.15, 0.2) is 10.7 Å². The Morgan fingerprint density at radius 1 is 1.47 bits per heavy atom. The molecule has 1 aromatic rings. The fraction of sp³-hybridized carbons (Fsp3) is 0.750. The van der Waals surface area contributed by atoms with Gasteiger partial charge in [0.2, 0.25) is 0 Å². The number of nitrogens with two attached hydrogens (primary N) is 1. The lowest BCUT2D eigenvalue weighted by atomic mass is 10.0. The largest absolute Gasteiger partial charge is 0.271 e. The molecule has 2 aliphatic carbocycles. The summed E-state index contributed by atoms with van der Waals surface area (Å²) in [5, 5.41) is 4.29. The lowest BCUT2D eigenvalue weighted by Crippen LogP contribution is -2.32. The van der Waals surface area contributed by atoms with Gasteiger partial charge in [-0.25, -0.2) is 0 Å². The molecule has 3 N–H and O–H groups in total. The monoisotopic (exact) mass is 298 g/mol. The molecule has 0 aromatic carbocycles. The summed E-state index contributed by atoms with van der Waals surface area (Å²) in [6.45, 7) is 0. The number of hydrogen-bond donors (Lipinski definition) is 2. The van der Waals surface area contributed by atoms with Crippen LogP contribution in [-0.2, 0) is 7.05 Å². The van der Waals surface area contributed by atoms with E-state index in [-0.39, 0.29) is 6.04 Å². The molecule has 1 heterocycles. The molecular weight excluding hydrogens is 280 g/mol. The highest BCUT2D eigenvalue weighted by Gasteiger charge is 2.55. The summed E-state index contributed by atoms with van der Waals surface area (Å²) < 4.78 is 2.99. The van der Waals surface area contributed by atoms with Gasteiger partial charge in [-0.05, 0) is 46.5 Å². The van der Waals surface area contributed by atoms with E-state index in [2.05, 4.69) is 26.5 Å². The van der Waals surface area contributed by atoms with Gasteiger partial charge in [0.15, 0.2) is 0 Å². The minimum atomic E-state index is 0.241.